The highest BCUT2D eigenvalue weighted by molar-refractivity contribution is 8.44. The van der Waals surface area contributed by atoms with Crippen LogP contribution >= 0.6 is 25.8 Å². The van der Waals surface area contributed by atoms with Crippen LogP contribution in [0.15, 0.2) is 23.6 Å². The topological polar surface area (TPSA) is 236 Å². The summed E-state index contributed by atoms with van der Waals surface area (Å²) in [6.07, 6.45) is -1.01. The number of aromatic amines is 1. The van der Waals surface area contributed by atoms with Gasteiger partial charge in [-0.1, -0.05) is 46.9 Å². The number of rotatable bonds is 10. The number of anilines is 2. The molecule has 2 bridgehead atoms. The van der Waals surface area contributed by atoms with Gasteiger partial charge in [0.15, 0.2) is 37.3 Å². The van der Waals surface area contributed by atoms with Crippen molar-refractivity contribution < 1.29 is 45.5 Å². The maximum Gasteiger partial charge on any atom is 0.386 e. The van der Waals surface area contributed by atoms with Crippen molar-refractivity contribution >= 4 is 74.7 Å². The Morgan fingerprint density at radius 1 is 1.22 bits per heavy atom. The minimum Gasteiger partial charge on any atom is -0.408 e. The van der Waals surface area contributed by atoms with Crippen molar-refractivity contribution in [3.05, 3.63) is 35.0 Å². The molecule has 3 aromatic rings. The third-order valence-corrected chi connectivity index (χ3v) is 18.9. The molecule has 5 heterocycles. The Kier molecular flexibility index (Phi) is 13.7. The van der Waals surface area contributed by atoms with E-state index in [-0.39, 0.29) is 66.5 Å². The number of amides is 1. The molecule has 2 saturated heterocycles. The van der Waals surface area contributed by atoms with Crippen LogP contribution in [0.4, 0.5) is 16.2 Å². The zero-order chi connectivity index (χ0) is 42.2. The first-order valence-electron chi connectivity index (χ1n) is 18.6. The van der Waals surface area contributed by atoms with Crippen molar-refractivity contribution in [2.75, 3.05) is 30.5 Å². The van der Waals surface area contributed by atoms with Crippen molar-refractivity contribution in [2.45, 2.75) is 109 Å². The molecule has 3 N–H and O–H groups in total. The Balaban J connectivity index is 1.42. The van der Waals surface area contributed by atoms with Crippen molar-refractivity contribution in [1.29, 1.82) is 5.26 Å². The summed E-state index contributed by atoms with van der Waals surface area (Å²) in [5.41, 5.74) is -0.657. The van der Waals surface area contributed by atoms with E-state index < -0.39 is 81.7 Å². The lowest BCUT2D eigenvalue weighted by Crippen LogP contribution is -2.50. The smallest absolute Gasteiger partial charge is 0.386 e. The van der Waals surface area contributed by atoms with Gasteiger partial charge in [-0.15, -0.1) is 0 Å². The molecule has 0 aromatic carbocycles. The van der Waals surface area contributed by atoms with Gasteiger partial charge in [-0.2, -0.15) is 10.2 Å². The van der Waals surface area contributed by atoms with E-state index in [4.69, 9.17) is 43.6 Å². The quantitative estimate of drug-likeness (QED) is 0.0810. The molecule has 1 saturated carbocycles. The second-order valence-corrected chi connectivity index (χ2v) is 26.6. The van der Waals surface area contributed by atoms with Crippen LogP contribution in [0, 0.1) is 29.0 Å². The Labute approximate surface area is 345 Å². The van der Waals surface area contributed by atoms with Crippen LogP contribution < -0.4 is 16.2 Å². The van der Waals surface area contributed by atoms with Gasteiger partial charge in [-0.25, -0.2) is 23.9 Å². The van der Waals surface area contributed by atoms with Gasteiger partial charge < -0.3 is 23.5 Å². The molecule has 3 aromatic heterocycles. The van der Waals surface area contributed by atoms with Gasteiger partial charge in [0, 0.05) is 17.9 Å². The van der Waals surface area contributed by atoms with Crippen molar-refractivity contribution in [3.63, 3.8) is 0 Å². The molecule has 1 aliphatic carbocycles. The monoisotopic (exact) mass is 903 g/mol. The van der Waals surface area contributed by atoms with Crippen LogP contribution in [0.25, 0.3) is 11.2 Å². The SMILES string of the molecule is CC(C)C(=O)Nc1nc2c(ncn2[C@@H]2O[C@@H]3CO[P@](=O)(S)O[C@H]4C[C@H](Nc5ncncc5F)C[C@@H]4CO[P@](=S)(OCCC#N)O[C@@H]2[C@@H]3O[Si](C)(C)C(C)(C)C)c(=O)[nH]1. The summed E-state index contributed by atoms with van der Waals surface area (Å²) in [4.78, 5) is 44.9. The number of nitriles is 1. The first-order chi connectivity index (χ1) is 27.2. The number of imidazole rings is 1. The molecule has 6 rings (SSSR count). The van der Waals surface area contributed by atoms with Gasteiger partial charge in [0.2, 0.25) is 11.9 Å². The van der Waals surface area contributed by atoms with E-state index >= 15 is 0 Å². The second kappa shape index (κ2) is 17.7. The van der Waals surface area contributed by atoms with Crippen LogP contribution in [0.2, 0.25) is 18.1 Å². The molecule has 19 nitrogen and oxygen atoms in total. The molecule has 0 spiro atoms. The minimum absolute atomic E-state index is 0.0150. The number of halogens is 1. The van der Waals surface area contributed by atoms with E-state index in [1.54, 1.807) is 13.8 Å². The van der Waals surface area contributed by atoms with Gasteiger partial charge in [0.05, 0.1) is 50.9 Å². The number of hydrogen-bond donors (Lipinski definition) is 4. The standard InChI is InChI=1S/C33H48FN9O10P2S2Si/c1-18(2)29(44)41-32-40-28-24(30(45)42-32)38-17-43(28)31-26-25(53-58(6,7)33(3,4)5)23(50-31)15-48-54(46,56)51-22-12-20(39-27-21(34)13-36-16-37-27)11-19(22)14-49-55(57,52-26)47-10-8-9-35/h13,16-20,22-23,25-26,31H,8,10-12,14-15H2,1-7H3,(H,46,56)(H,36,37,39)(H2,40,41,42,44,45)/t19-,20-,22+,23-,25-,26-,31-,54+,55-/m1/s1. The van der Waals surface area contributed by atoms with E-state index in [1.807, 2.05) is 19.2 Å². The average molecular weight is 904 g/mol. The number of nitrogens with one attached hydrogen (secondary N) is 3. The summed E-state index contributed by atoms with van der Waals surface area (Å²) >= 11 is 10.4. The van der Waals surface area contributed by atoms with E-state index in [9.17, 15) is 23.8 Å². The van der Waals surface area contributed by atoms with E-state index in [0.717, 1.165) is 6.20 Å². The summed E-state index contributed by atoms with van der Waals surface area (Å²) < 4.78 is 75.0. The first kappa shape index (κ1) is 44.8. The molecular weight excluding hydrogens is 856 g/mol. The number of H-pyrrole nitrogens is 1. The summed E-state index contributed by atoms with van der Waals surface area (Å²) in [6, 6.07) is 1.63. The Hall–Kier alpha value is -2.71. The van der Waals surface area contributed by atoms with Gasteiger partial charge in [-0.3, -0.25) is 38.0 Å². The Morgan fingerprint density at radius 2 is 1.98 bits per heavy atom. The lowest BCUT2D eigenvalue weighted by atomic mass is 10.1. The molecule has 2 aliphatic heterocycles. The van der Waals surface area contributed by atoms with Crippen LogP contribution in [-0.4, -0.2) is 94.0 Å². The largest absolute Gasteiger partial charge is 0.408 e. The number of thiol groups is 1. The molecular formula is C33H48FN9O10P2S2Si. The molecule has 318 valence electrons. The number of ether oxygens (including phenoxy) is 1. The zero-order valence-electron chi connectivity index (χ0n) is 33.0. The molecule has 0 radical (unpaired) electrons. The predicted octanol–water partition coefficient (Wildman–Crippen LogP) is 5.83. The molecule has 25 heteroatoms. The predicted molar refractivity (Wildman–Crippen MR) is 218 cm³/mol. The maximum absolute atomic E-state index is 14.5. The number of fused-ring (bicyclic) bond motifs is 4. The number of aromatic nitrogens is 6. The fourth-order valence-corrected chi connectivity index (χ4v) is 11.4. The van der Waals surface area contributed by atoms with Gasteiger partial charge >= 0.3 is 13.5 Å². The summed E-state index contributed by atoms with van der Waals surface area (Å²) in [7, 11) is -2.69. The Bertz CT molecular complexity index is 2190. The molecule has 3 fully saturated rings. The highest BCUT2D eigenvalue weighted by Gasteiger charge is 2.55. The fourth-order valence-electron chi connectivity index (χ4n) is 6.40. The molecule has 3 aliphatic rings. The first-order valence-corrected chi connectivity index (χ1v) is 26.8. The average Bonchev–Trinajstić information content (AvgIpc) is 3.82. The van der Waals surface area contributed by atoms with Gasteiger partial charge in [-0.05, 0) is 42.8 Å². The van der Waals surface area contributed by atoms with E-state index in [2.05, 4.69) is 68.6 Å². The third kappa shape index (κ3) is 10.2. The maximum atomic E-state index is 14.5. The lowest BCUT2D eigenvalue weighted by molar-refractivity contribution is -0.118. The minimum atomic E-state index is -4.15. The van der Waals surface area contributed by atoms with Gasteiger partial charge in [0.25, 0.3) is 5.56 Å². The van der Waals surface area contributed by atoms with Crippen LogP contribution in [0.1, 0.15) is 60.1 Å². The van der Waals surface area contributed by atoms with E-state index in [1.165, 1.54) is 17.2 Å². The second-order valence-electron chi connectivity index (χ2n) is 16.0. The molecule has 58 heavy (non-hydrogen) atoms. The normalized spacial score (nSPS) is 30.9. The summed E-state index contributed by atoms with van der Waals surface area (Å²) in [5, 5.41) is 14.8. The third-order valence-electron chi connectivity index (χ3n) is 10.5. The molecule has 1 amide bonds. The number of carbonyl (C=O) groups excluding carboxylic acids is 1. The highest BCUT2D eigenvalue weighted by Crippen LogP contribution is 2.60. The van der Waals surface area contributed by atoms with Crippen molar-refractivity contribution in [1.82, 2.24) is 29.5 Å². The number of carbonyl (C=O) groups is 1. The van der Waals surface area contributed by atoms with Crippen molar-refractivity contribution in [2.24, 2.45) is 11.8 Å². The lowest BCUT2D eigenvalue weighted by Gasteiger charge is -2.41. The zero-order valence-corrected chi connectivity index (χ0v) is 37.5. The van der Waals surface area contributed by atoms with Gasteiger partial charge in [0.1, 0.15) is 24.6 Å². The van der Waals surface area contributed by atoms with Crippen LogP contribution in [0.3, 0.4) is 0 Å². The number of nitrogens with zero attached hydrogens (tertiary/aromatic N) is 6. The highest BCUT2D eigenvalue weighted by atomic mass is 32.7. The van der Waals surface area contributed by atoms with Crippen molar-refractivity contribution in [3.8, 4) is 6.07 Å². The molecule has 9 atom stereocenters. The molecule has 0 unspecified atom stereocenters. The summed E-state index contributed by atoms with van der Waals surface area (Å²) in [5.74, 6) is -2.09. The van der Waals surface area contributed by atoms with Crippen LogP contribution in [0.5, 0.6) is 0 Å². The Morgan fingerprint density at radius 3 is 2.67 bits per heavy atom. The van der Waals surface area contributed by atoms with E-state index in [0.29, 0.717) is 6.42 Å². The fraction of sp³-hybridized carbons (Fsp3) is 0.667. The number of hydrogen-bond acceptors (Lipinski definition) is 17. The van der Waals surface area contributed by atoms with Crippen LogP contribution in [-0.2, 0) is 52.9 Å². The summed E-state index contributed by atoms with van der Waals surface area (Å²) in [6.45, 7) is 4.97.